The largest absolute Gasteiger partial charge is 0.396 e. The summed E-state index contributed by atoms with van der Waals surface area (Å²) in [5.41, 5.74) is 8.10. The van der Waals surface area contributed by atoms with Crippen molar-refractivity contribution in [2.45, 2.75) is 77.0 Å². The monoisotopic (exact) mass is 255 g/mol. The molecular weight excluding hydrogens is 226 g/mol. The van der Waals surface area contributed by atoms with Gasteiger partial charge in [-0.15, -0.1) is 0 Å². The number of hydrogen-bond acceptors (Lipinski definition) is 2. The minimum absolute atomic E-state index is 0.347. The van der Waals surface area contributed by atoms with Crippen LogP contribution < -0.4 is 0 Å². The quantitative estimate of drug-likeness (QED) is 0.202. The Balaban J connectivity index is 2.92. The van der Waals surface area contributed by atoms with Crippen molar-refractivity contribution < 1.29 is 5.11 Å². The maximum absolute atomic E-state index is 8.63. The zero-order valence-corrected chi connectivity index (χ0v) is 11.7. The maximum atomic E-state index is 8.63. The first-order chi connectivity index (χ1) is 8.91. The van der Waals surface area contributed by atoms with Crippen LogP contribution in [0, 0.1) is 0 Å². The molecule has 0 aliphatic heterocycles. The molecule has 0 rings (SSSR count). The van der Waals surface area contributed by atoms with Gasteiger partial charge >= 0.3 is 0 Å². The zero-order valence-electron chi connectivity index (χ0n) is 11.7. The van der Waals surface area contributed by atoms with Gasteiger partial charge < -0.3 is 5.11 Å². The highest BCUT2D eigenvalue weighted by atomic mass is 16.2. The lowest BCUT2D eigenvalue weighted by Gasteiger charge is -2.02. The summed E-state index contributed by atoms with van der Waals surface area (Å²) in [5, 5.41) is 12.2. The summed E-state index contributed by atoms with van der Waals surface area (Å²) in [6.45, 7) is 1.00. The Morgan fingerprint density at radius 2 is 1.06 bits per heavy atom. The van der Waals surface area contributed by atoms with Crippen molar-refractivity contribution in [2.24, 2.45) is 5.11 Å². The Morgan fingerprint density at radius 3 is 1.44 bits per heavy atom. The molecule has 0 atom stereocenters. The van der Waals surface area contributed by atoms with Gasteiger partial charge in [-0.3, -0.25) is 0 Å². The number of azide groups is 1. The van der Waals surface area contributed by atoms with Crippen LogP contribution in [-0.4, -0.2) is 18.3 Å². The highest BCUT2D eigenvalue weighted by Gasteiger charge is 1.93. The number of nitrogens with zero attached hydrogens (tertiary/aromatic N) is 3. The third-order valence-corrected chi connectivity index (χ3v) is 3.23. The third kappa shape index (κ3) is 15.3. The zero-order chi connectivity index (χ0) is 13.3. The molecule has 0 aliphatic carbocycles. The molecular formula is C14H29N3O. The van der Waals surface area contributed by atoms with Gasteiger partial charge in [-0.25, -0.2) is 0 Å². The van der Waals surface area contributed by atoms with E-state index in [1.165, 1.54) is 64.2 Å². The topological polar surface area (TPSA) is 69.0 Å². The average molecular weight is 255 g/mol. The molecule has 0 aliphatic rings. The maximum Gasteiger partial charge on any atom is 0.0431 e. The van der Waals surface area contributed by atoms with Crippen LogP contribution >= 0.6 is 0 Å². The average Bonchev–Trinajstić information content (AvgIpc) is 2.39. The molecule has 0 radical (unpaired) electrons. The summed E-state index contributed by atoms with van der Waals surface area (Å²) in [7, 11) is 0. The number of rotatable bonds is 14. The standard InChI is InChI=1S/C14H29N3O/c15-17-16-13-11-9-7-5-3-1-2-4-6-8-10-12-14-18/h18H,1-14H2. The molecule has 4 heteroatoms. The van der Waals surface area contributed by atoms with Gasteiger partial charge in [0.15, 0.2) is 0 Å². The lowest BCUT2D eigenvalue weighted by molar-refractivity contribution is 0.282. The van der Waals surface area contributed by atoms with E-state index in [0.29, 0.717) is 13.2 Å². The minimum atomic E-state index is 0.347. The molecule has 106 valence electrons. The van der Waals surface area contributed by atoms with E-state index in [1.807, 2.05) is 0 Å². The Hall–Kier alpha value is -0.730. The van der Waals surface area contributed by atoms with Crippen molar-refractivity contribution in [2.75, 3.05) is 13.2 Å². The van der Waals surface area contributed by atoms with Crippen LogP contribution in [0.15, 0.2) is 5.11 Å². The van der Waals surface area contributed by atoms with Crippen LogP contribution in [0.25, 0.3) is 10.4 Å². The highest BCUT2D eigenvalue weighted by molar-refractivity contribution is 4.50. The molecule has 0 aromatic carbocycles. The molecule has 1 N–H and O–H groups in total. The van der Waals surface area contributed by atoms with Gasteiger partial charge in [0, 0.05) is 18.1 Å². The fourth-order valence-electron chi connectivity index (χ4n) is 2.11. The van der Waals surface area contributed by atoms with E-state index in [0.717, 1.165) is 12.8 Å². The van der Waals surface area contributed by atoms with Crippen LogP contribution in [0.4, 0.5) is 0 Å². The van der Waals surface area contributed by atoms with Crippen molar-refractivity contribution in [3.8, 4) is 0 Å². The number of unbranched alkanes of at least 4 members (excludes halogenated alkanes) is 11. The predicted molar refractivity (Wildman–Crippen MR) is 76.5 cm³/mol. The van der Waals surface area contributed by atoms with Crippen LogP contribution in [0.2, 0.25) is 0 Å². The minimum Gasteiger partial charge on any atom is -0.396 e. The lowest BCUT2D eigenvalue weighted by atomic mass is 10.1. The van der Waals surface area contributed by atoms with Crippen molar-refractivity contribution in [1.29, 1.82) is 0 Å². The number of hydrogen-bond donors (Lipinski definition) is 1. The van der Waals surface area contributed by atoms with Crippen LogP contribution in [-0.2, 0) is 0 Å². The van der Waals surface area contributed by atoms with Gasteiger partial charge in [0.25, 0.3) is 0 Å². The lowest BCUT2D eigenvalue weighted by Crippen LogP contribution is -1.85. The number of aliphatic hydroxyl groups excluding tert-OH is 1. The van der Waals surface area contributed by atoms with Crippen molar-refractivity contribution in [3.05, 3.63) is 10.4 Å². The molecule has 0 saturated carbocycles. The molecule has 18 heavy (non-hydrogen) atoms. The van der Waals surface area contributed by atoms with E-state index in [2.05, 4.69) is 10.0 Å². The molecule has 0 heterocycles. The highest BCUT2D eigenvalue weighted by Crippen LogP contribution is 2.11. The molecule has 0 aromatic rings. The van der Waals surface area contributed by atoms with Gasteiger partial charge in [0.1, 0.15) is 0 Å². The Kier molecular flexibility index (Phi) is 15.6. The summed E-state index contributed by atoms with van der Waals surface area (Å²) >= 11 is 0. The Bertz CT molecular complexity index is 203. The number of aliphatic hydroxyl groups is 1. The Labute approximate surface area is 111 Å². The third-order valence-electron chi connectivity index (χ3n) is 3.23. The predicted octanol–water partition coefficient (Wildman–Crippen LogP) is 4.97. The Morgan fingerprint density at radius 1 is 0.667 bits per heavy atom. The summed E-state index contributed by atoms with van der Waals surface area (Å²) in [4.78, 5) is 2.74. The molecule has 0 spiro atoms. The molecule has 0 unspecified atom stereocenters. The van der Waals surface area contributed by atoms with Crippen molar-refractivity contribution >= 4 is 0 Å². The molecule has 0 aromatic heterocycles. The van der Waals surface area contributed by atoms with Gasteiger partial charge in [0.2, 0.25) is 0 Å². The fraction of sp³-hybridized carbons (Fsp3) is 1.00. The second-order valence-corrected chi connectivity index (χ2v) is 4.92. The first-order valence-corrected chi connectivity index (χ1v) is 7.53. The SMILES string of the molecule is [N-]=[N+]=NCCCCCCCCCCCCCCO. The van der Waals surface area contributed by atoms with E-state index >= 15 is 0 Å². The smallest absolute Gasteiger partial charge is 0.0431 e. The summed E-state index contributed by atoms with van der Waals surface area (Å²) in [5.74, 6) is 0. The molecule has 0 fully saturated rings. The molecule has 0 amide bonds. The first kappa shape index (κ1) is 17.3. The van der Waals surface area contributed by atoms with E-state index in [-0.39, 0.29) is 0 Å². The normalized spacial score (nSPS) is 10.3. The van der Waals surface area contributed by atoms with Crippen LogP contribution in [0.3, 0.4) is 0 Å². The van der Waals surface area contributed by atoms with E-state index < -0.39 is 0 Å². The second kappa shape index (κ2) is 16.3. The van der Waals surface area contributed by atoms with Crippen molar-refractivity contribution in [1.82, 2.24) is 0 Å². The van der Waals surface area contributed by atoms with Gasteiger partial charge in [-0.1, -0.05) is 69.3 Å². The van der Waals surface area contributed by atoms with Gasteiger partial charge in [0.05, 0.1) is 0 Å². The molecule has 0 saturated heterocycles. The van der Waals surface area contributed by atoms with Crippen molar-refractivity contribution in [3.63, 3.8) is 0 Å². The van der Waals surface area contributed by atoms with Crippen LogP contribution in [0.5, 0.6) is 0 Å². The molecule has 0 bridgehead atoms. The van der Waals surface area contributed by atoms with E-state index in [4.69, 9.17) is 10.6 Å². The summed E-state index contributed by atoms with van der Waals surface area (Å²) < 4.78 is 0. The summed E-state index contributed by atoms with van der Waals surface area (Å²) in [6.07, 6.45) is 15.0. The fourth-order valence-corrected chi connectivity index (χ4v) is 2.11. The summed E-state index contributed by atoms with van der Waals surface area (Å²) in [6, 6.07) is 0. The molecule has 4 nitrogen and oxygen atoms in total. The van der Waals surface area contributed by atoms with E-state index in [9.17, 15) is 0 Å². The van der Waals surface area contributed by atoms with E-state index in [1.54, 1.807) is 0 Å². The van der Waals surface area contributed by atoms with Gasteiger partial charge in [-0.2, -0.15) is 0 Å². The second-order valence-electron chi connectivity index (χ2n) is 4.92. The van der Waals surface area contributed by atoms with Crippen LogP contribution in [0.1, 0.15) is 77.0 Å². The first-order valence-electron chi connectivity index (χ1n) is 7.53. The van der Waals surface area contributed by atoms with Gasteiger partial charge in [-0.05, 0) is 18.4 Å².